The Morgan fingerprint density at radius 2 is 2.33 bits per heavy atom. The predicted molar refractivity (Wildman–Crippen MR) is 34.9 cm³/mol. The molecule has 1 aromatic rings. The van der Waals surface area contributed by atoms with Crippen LogP contribution in [0.2, 0.25) is 0 Å². The summed E-state index contributed by atoms with van der Waals surface area (Å²) in [6.45, 7) is 3.67. The van der Waals surface area contributed by atoms with Gasteiger partial charge in [0.15, 0.2) is 0 Å². The van der Waals surface area contributed by atoms with Crippen LogP contribution in [0.3, 0.4) is 0 Å². The van der Waals surface area contributed by atoms with Crippen LogP contribution in [-0.4, -0.2) is 4.98 Å². The summed E-state index contributed by atoms with van der Waals surface area (Å²) in [7, 11) is 0. The quantitative estimate of drug-likeness (QED) is 0.594. The van der Waals surface area contributed by atoms with E-state index in [2.05, 4.69) is 4.98 Å². The Kier molecular flexibility index (Phi) is 1.56. The molecular formula is C7H10FN. The van der Waals surface area contributed by atoms with Crippen molar-refractivity contribution in [3.8, 4) is 0 Å². The molecule has 0 aliphatic heterocycles. The summed E-state index contributed by atoms with van der Waals surface area (Å²) in [5.41, 5.74) is 1.40. The average molecular weight is 127 g/mol. The highest BCUT2D eigenvalue weighted by Crippen LogP contribution is 2.10. The minimum atomic E-state index is -0.0856. The van der Waals surface area contributed by atoms with Crippen molar-refractivity contribution in [1.82, 2.24) is 4.98 Å². The van der Waals surface area contributed by atoms with Gasteiger partial charge in [0, 0.05) is 17.5 Å². The van der Waals surface area contributed by atoms with Gasteiger partial charge in [0.25, 0.3) is 0 Å². The van der Waals surface area contributed by atoms with Crippen LogP contribution in [0.15, 0.2) is 6.20 Å². The summed E-state index contributed by atoms with van der Waals surface area (Å²) in [6.07, 6.45) is 2.47. The summed E-state index contributed by atoms with van der Waals surface area (Å²) < 4.78 is 12.7. The molecular weight excluding hydrogens is 117 g/mol. The van der Waals surface area contributed by atoms with E-state index in [-0.39, 0.29) is 5.82 Å². The van der Waals surface area contributed by atoms with Gasteiger partial charge in [0.1, 0.15) is 5.82 Å². The van der Waals surface area contributed by atoms with E-state index in [1.54, 1.807) is 13.1 Å². The van der Waals surface area contributed by atoms with E-state index in [4.69, 9.17) is 0 Å². The highest BCUT2D eigenvalue weighted by Gasteiger charge is 2.02. The minimum absolute atomic E-state index is 0.0856. The van der Waals surface area contributed by atoms with Crippen molar-refractivity contribution < 1.29 is 4.39 Å². The van der Waals surface area contributed by atoms with Crippen LogP contribution in [0, 0.1) is 12.7 Å². The Morgan fingerprint density at radius 1 is 1.67 bits per heavy atom. The fraction of sp³-hybridized carbons (Fsp3) is 0.429. The normalized spacial score (nSPS) is 10.1. The van der Waals surface area contributed by atoms with E-state index in [0.29, 0.717) is 5.69 Å². The smallest absolute Gasteiger partial charge is 0.146 e. The molecule has 0 aliphatic carbocycles. The third kappa shape index (κ3) is 0.969. The second kappa shape index (κ2) is 2.21. The lowest BCUT2D eigenvalue weighted by Gasteiger charge is -1.86. The van der Waals surface area contributed by atoms with Crippen molar-refractivity contribution in [3.63, 3.8) is 0 Å². The summed E-state index contributed by atoms with van der Waals surface area (Å²) in [6, 6.07) is 0. The van der Waals surface area contributed by atoms with E-state index in [1.807, 2.05) is 6.92 Å². The molecule has 0 radical (unpaired) electrons. The Labute approximate surface area is 53.9 Å². The first-order valence-electron chi connectivity index (χ1n) is 3.08. The van der Waals surface area contributed by atoms with E-state index >= 15 is 0 Å². The maximum Gasteiger partial charge on any atom is 0.146 e. The molecule has 0 spiro atoms. The van der Waals surface area contributed by atoms with Crippen LogP contribution in [0.25, 0.3) is 0 Å². The lowest BCUT2D eigenvalue weighted by Crippen LogP contribution is -1.80. The summed E-state index contributed by atoms with van der Waals surface area (Å²) >= 11 is 0. The molecule has 1 N–H and O–H groups in total. The van der Waals surface area contributed by atoms with Crippen LogP contribution < -0.4 is 0 Å². The van der Waals surface area contributed by atoms with Crippen molar-refractivity contribution in [2.75, 3.05) is 0 Å². The molecule has 0 aromatic carbocycles. The fourth-order valence-corrected chi connectivity index (χ4v) is 0.820. The van der Waals surface area contributed by atoms with Crippen LogP contribution in [0.1, 0.15) is 18.2 Å². The van der Waals surface area contributed by atoms with E-state index < -0.39 is 0 Å². The Bertz CT molecular complexity index is 203. The first kappa shape index (κ1) is 6.33. The summed E-state index contributed by atoms with van der Waals surface area (Å²) in [5.74, 6) is -0.0856. The third-order valence-electron chi connectivity index (χ3n) is 1.45. The number of nitrogens with one attached hydrogen (secondary N) is 1. The van der Waals surface area contributed by atoms with E-state index in [1.165, 1.54) is 0 Å². The number of halogens is 1. The second-order valence-corrected chi connectivity index (χ2v) is 2.11. The maximum absolute atomic E-state index is 12.7. The molecule has 1 rings (SSSR count). The van der Waals surface area contributed by atoms with E-state index in [0.717, 1.165) is 12.0 Å². The largest absolute Gasteiger partial charge is 0.362 e. The van der Waals surface area contributed by atoms with Gasteiger partial charge in [-0.1, -0.05) is 6.92 Å². The number of aryl methyl sites for hydroxylation is 2. The topological polar surface area (TPSA) is 15.8 Å². The van der Waals surface area contributed by atoms with Crippen LogP contribution >= 0.6 is 0 Å². The molecule has 0 amide bonds. The predicted octanol–water partition coefficient (Wildman–Crippen LogP) is 2.02. The number of aromatic amines is 1. The van der Waals surface area contributed by atoms with Crippen molar-refractivity contribution in [1.29, 1.82) is 0 Å². The Hall–Kier alpha value is -0.790. The molecule has 0 fully saturated rings. The molecule has 0 bridgehead atoms. The molecule has 0 atom stereocenters. The zero-order chi connectivity index (χ0) is 6.85. The van der Waals surface area contributed by atoms with Gasteiger partial charge >= 0.3 is 0 Å². The van der Waals surface area contributed by atoms with Crippen molar-refractivity contribution in [2.24, 2.45) is 0 Å². The lowest BCUT2D eigenvalue weighted by atomic mass is 10.2. The number of H-pyrrole nitrogens is 1. The molecule has 9 heavy (non-hydrogen) atoms. The molecule has 0 unspecified atom stereocenters. The fourth-order valence-electron chi connectivity index (χ4n) is 0.820. The number of rotatable bonds is 1. The molecule has 0 saturated carbocycles. The van der Waals surface area contributed by atoms with Gasteiger partial charge in [-0.05, 0) is 13.3 Å². The third-order valence-corrected chi connectivity index (χ3v) is 1.45. The standard InChI is InChI=1S/C7H10FN/c1-3-6-4-9-5(2)7(6)8/h4,9H,3H2,1-2H3. The highest BCUT2D eigenvalue weighted by molar-refractivity contribution is 5.18. The second-order valence-electron chi connectivity index (χ2n) is 2.11. The zero-order valence-electron chi connectivity index (χ0n) is 5.66. The monoisotopic (exact) mass is 127 g/mol. The van der Waals surface area contributed by atoms with Gasteiger partial charge in [-0.2, -0.15) is 0 Å². The van der Waals surface area contributed by atoms with Gasteiger partial charge in [0.2, 0.25) is 0 Å². The van der Waals surface area contributed by atoms with Gasteiger partial charge < -0.3 is 4.98 Å². The van der Waals surface area contributed by atoms with Gasteiger partial charge in [-0.3, -0.25) is 0 Å². The average Bonchev–Trinajstić information content (AvgIpc) is 2.15. The lowest BCUT2D eigenvalue weighted by molar-refractivity contribution is 0.606. The highest BCUT2D eigenvalue weighted by atomic mass is 19.1. The van der Waals surface area contributed by atoms with Crippen LogP contribution in [0.4, 0.5) is 4.39 Å². The molecule has 2 heteroatoms. The van der Waals surface area contributed by atoms with Gasteiger partial charge in [-0.15, -0.1) is 0 Å². The first-order valence-corrected chi connectivity index (χ1v) is 3.08. The molecule has 0 aliphatic rings. The molecule has 0 saturated heterocycles. The molecule has 1 heterocycles. The van der Waals surface area contributed by atoms with Crippen molar-refractivity contribution in [2.45, 2.75) is 20.3 Å². The minimum Gasteiger partial charge on any atom is -0.362 e. The van der Waals surface area contributed by atoms with Crippen LogP contribution in [0.5, 0.6) is 0 Å². The molecule has 1 nitrogen and oxygen atoms in total. The zero-order valence-corrected chi connectivity index (χ0v) is 5.66. The maximum atomic E-state index is 12.7. The Balaban J connectivity index is 3.04. The number of aromatic nitrogens is 1. The SMILES string of the molecule is CCc1c[nH]c(C)c1F. The Morgan fingerprint density at radius 3 is 2.56 bits per heavy atom. The summed E-state index contributed by atoms with van der Waals surface area (Å²) in [5, 5.41) is 0. The van der Waals surface area contributed by atoms with Crippen molar-refractivity contribution >= 4 is 0 Å². The van der Waals surface area contributed by atoms with Gasteiger partial charge in [-0.25, -0.2) is 4.39 Å². The van der Waals surface area contributed by atoms with E-state index in [9.17, 15) is 4.39 Å². The van der Waals surface area contributed by atoms with Crippen LogP contribution in [-0.2, 0) is 6.42 Å². The summed E-state index contributed by atoms with van der Waals surface area (Å²) in [4.78, 5) is 2.81. The molecule has 50 valence electrons. The van der Waals surface area contributed by atoms with Crippen molar-refractivity contribution in [3.05, 3.63) is 23.3 Å². The van der Waals surface area contributed by atoms with Gasteiger partial charge in [0.05, 0.1) is 0 Å². The first-order chi connectivity index (χ1) is 4.25. The number of hydrogen-bond donors (Lipinski definition) is 1. The molecule has 1 aromatic heterocycles. The number of hydrogen-bond acceptors (Lipinski definition) is 0.